The smallest absolute Gasteiger partial charge is 0.355 e. The average molecular weight is 478 g/mol. The van der Waals surface area contributed by atoms with Crippen LogP contribution < -0.4 is 10.6 Å². The molecule has 2 amide bonds. The van der Waals surface area contributed by atoms with E-state index in [4.69, 9.17) is 0 Å². The molecule has 184 valence electrons. The predicted octanol–water partition coefficient (Wildman–Crippen LogP) is 4.85. The van der Waals surface area contributed by atoms with Gasteiger partial charge in [-0.3, -0.25) is 14.3 Å². The van der Waals surface area contributed by atoms with E-state index in [9.17, 15) is 22.8 Å². The molecule has 0 saturated carbocycles. The summed E-state index contributed by atoms with van der Waals surface area (Å²) >= 11 is 0. The van der Waals surface area contributed by atoms with Gasteiger partial charge in [0.15, 0.2) is 0 Å². The summed E-state index contributed by atoms with van der Waals surface area (Å²) in [4.78, 5) is 24.6. The number of carbonyl (C=O) groups excluding carboxylic acids is 2. The Morgan fingerprint density at radius 3 is 2.59 bits per heavy atom. The van der Waals surface area contributed by atoms with E-state index in [1.165, 1.54) is 4.90 Å². The number of alkyl halides is 3. The first kappa shape index (κ1) is 26.7. The number of nitrogens with one attached hydrogen (secondary N) is 2. The number of benzene rings is 2. The van der Waals surface area contributed by atoms with Gasteiger partial charge in [-0.2, -0.15) is 18.3 Å². The topological polar surface area (TPSA) is 79.3 Å². The van der Waals surface area contributed by atoms with Gasteiger partial charge in [0, 0.05) is 23.8 Å². The Morgan fingerprint density at radius 2 is 1.94 bits per heavy atom. The minimum absolute atomic E-state index is 0.466. The molecule has 0 radical (unpaired) electrons. The van der Waals surface area contributed by atoms with Gasteiger partial charge in [0.25, 0.3) is 0 Å². The molecule has 0 spiro atoms. The molecule has 1 atom stereocenters. The second-order valence-corrected chi connectivity index (χ2v) is 7.53. The SMILES string of the molecule is CC.Cc1c(Nc2ccc3c(cnn3C)c2)cccc1C(C)N(C=O)CC(=O)NCC(F)(F)F. The Kier molecular flexibility index (Phi) is 9.05. The number of hydrogen-bond acceptors (Lipinski definition) is 4. The van der Waals surface area contributed by atoms with Crippen LogP contribution in [0.2, 0.25) is 0 Å². The molecule has 1 unspecified atom stereocenters. The lowest BCUT2D eigenvalue weighted by molar-refractivity contribution is -0.140. The molecule has 0 aliphatic heterocycles. The van der Waals surface area contributed by atoms with Crippen LogP contribution in [-0.4, -0.2) is 46.3 Å². The monoisotopic (exact) mass is 477 g/mol. The molecule has 3 rings (SSSR count). The predicted molar refractivity (Wildman–Crippen MR) is 127 cm³/mol. The molecule has 0 bridgehead atoms. The number of fused-ring (bicyclic) bond motifs is 1. The highest BCUT2D eigenvalue weighted by atomic mass is 19.4. The van der Waals surface area contributed by atoms with Crippen molar-refractivity contribution in [1.29, 1.82) is 0 Å². The standard InChI is InChI=1S/C22H24F3N5O2.C2H6/c1-14-18(15(2)30(13-31)11-21(32)26-12-22(23,24)25)5-4-6-19(14)28-17-7-8-20-16(9-17)10-27-29(20)3;1-2/h4-10,13,15,28H,11-12H2,1-3H3,(H,26,32);1-2H3. The fourth-order valence-corrected chi connectivity index (χ4v) is 3.50. The molecule has 1 aromatic heterocycles. The van der Waals surface area contributed by atoms with Crippen molar-refractivity contribution in [2.45, 2.75) is 39.9 Å². The van der Waals surface area contributed by atoms with Crippen LogP contribution >= 0.6 is 0 Å². The van der Waals surface area contributed by atoms with E-state index in [-0.39, 0.29) is 0 Å². The fourth-order valence-electron chi connectivity index (χ4n) is 3.50. The molecule has 34 heavy (non-hydrogen) atoms. The van der Waals surface area contributed by atoms with Crippen molar-refractivity contribution in [3.05, 3.63) is 53.7 Å². The zero-order valence-corrected chi connectivity index (χ0v) is 19.9. The van der Waals surface area contributed by atoms with Gasteiger partial charge >= 0.3 is 6.18 Å². The molecule has 0 aliphatic carbocycles. The van der Waals surface area contributed by atoms with Crippen LogP contribution in [0.25, 0.3) is 10.9 Å². The largest absolute Gasteiger partial charge is 0.405 e. The number of anilines is 2. The van der Waals surface area contributed by atoms with Crippen LogP contribution in [0.4, 0.5) is 24.5 Å². The molecule has 7 nitrogen and oxygen atoms in total. The van der Waals surface area contributed by atoms with Gasteiger partial charge in [-0.1, -0.05) is 26.0 Å². The van der Waals surface area contributed by atoms with Crippen molar-refractivity contribution >= 4 is 34.6 Å². The van der Waals surface area contributed by atoms with E-state index in [0.717, 1.165) is 33.4 Å². The lowest BCUT2D eigenvalue weighted by Gasteiger charge is -2.27. The quantitative estimate of drug-likeness (QED) is 0.455. The Bertz CT molecular complexity index is 1130. The van der Waals surface area contributed by atoms with Gasteiger partial charge in [0.05, 0.1) is 24.3 Å². The molecule has 3 aromatic rings. The van der Waals surface area contributed by atoms with Crippen LogP contribution in [0.3, 0.4) is 0 Å². The highest BCUT2D eigenvalue weighted by Gasteiger charge is 2.28. The number of amides is 2. The van der Waals surface area contributed by atoms with Crippen molar-refractivity contribution in [2.75, 3.05) is 18.4 Å². The van der Waals surface area contributed by atoms with Crippen LogP contribution in [0, 0.1) is 6.92 Å². The van der Waals surface area contributed by atoms with Crippen molar-refractivity contribution in [3.63, 3.8) is 0 Å². The third-order valence-electron chi connectivity index (χ3n) is 5.30. The fraction of sp³-hybridized carbons (Fsp3) is 0.375. The second kappa shape index (κ2) is 11.5. The Hall–Kier alpha value is -3.56. The summed E-state index contributed by atoms with van der Waals surface area (Å²) in [5.41, 5.74) is 4.30. The van der Waals surface area contributed by atoms with Gasteiger partial charge < -0.3 is 15.5 Å². The highest BCUT2D eigenvalue weighted by Crippen LogP contribution is 2.30. The minimum Gasteiger partial charge on any atom is -0.355 e. The number of hydrogen-bond donors (Lipinski definition) is 2. The van der Waals surface area contributed by atoms with Crippen LogP contribution in [-0.2, 0) is 16.6 Å². The normalized spacial score (nSPS) is 11.9. The minimum atomic E-state index is -4.51. The maximum atomic E-state index is 12.3. The Labute approximate surface area is 196 Å². The van der Waals surface area contributed by atoms with Crippen LogP contribution in [0.5, 0.6) is 0 Å². The third kappa shape index (κ3) is 6.72. The van der Waals surface area contributed by atoms with Gasteiger partial charge in [-0.15, -0.1) is 0 Å². The second-order valence-electron chi connectivity index (χ2n) is 7.53. The Morgan fingerprint density at radius 1 is 1.24 bits per heavy atom. The maximum absolute atomic E-state index is 12.3. The van der Waals surface area contributed by atoms with Crippen molar-refractivity contribution in [3.8, 4) is 0 Å². The first-order valence-electron chi connectivity index (χ1n) is 10.9. The van der Waals surface area contributed by atoms with Crippen molar-refractivity contribution < 1.29 is 22.8 Å². The number of halogens is 3. The zero-order chi connectivity index (χ0) is 25.5. The molecular weight excluding hydrogens is 447 g/mol. The summed E-state index contributed by atoms with van der Waals surface area (Å²) in [6.45, 7) is 5.69. The summed E-state index contributed by atoms with van der Waals surface area (Å²) in [5.74, 6) is -0.877. The summed E-state index contributed by atoms with van der Waals surface area (Å²) in [6, 6.07) is 10.9. The highest BCUT2D eigenvalue weighted by molar-refractivity contribution is 5.84. The van der Waals surface area contributed by atoms with Gasteiger partial charge in [0.2, 0.25) is 12.3 Å². The van der Waals surface area contributed by atoms with Gasteiger partial charge in [0.1, 0.15) is 6.54 Å². The lowest BCUT2D eigenvalue weighted by Crippen LogP contribution is -2.41. The van der Waals surface area contributed by atoms with Gasteiger partial charge in [-0.05, 0) is 49.2 Å². The summed E-state index contributed by atoms with van der Waals surface area (Å²) in [6.07, 6.45) is -2.27. The van der Waals surface area contributed by atoms with E-state index in [0.29, 0.717) is 6.41 Å². The van der Waals surface area contributed by atoms with Crippen LogP contribution in [0.15, 0.2) is 42.6 Å². The third-order valence-corrected chi connectivity index (χ3v) is 5.30. The Balaban J connectivity index is 0.00000199. The molecule has 0 saturated heterocycles. The number of aromatic nitrogens is 2. The summed E-state index contributed by atoms with van der Waals surface area (Å²) < 4.78 is 38.7. The maximum Gasteiger partial charge on any atom is 0.405 e. The molecule has 1 heterocycles. The van der Waals surface area contributed by atoms with E-state index < -0.39 is 31.2 Å². The number of rotatable bonds is 8. The summed E-state index contributed by atoms with van der Waals surface area (Å²) in [5, 5.41) is 10.4. The first-order chi connectivity index (χ1) is 16.1. The van der Waals surface area contributed by atoms with Crippen LogP contribution in [0.1, 0.15) is 37.9 Å². The van der Waals surface area contributed by atoms with Crippen molar-refractivity contribution in [2.24, 2.45) is 7.05 Å². The number of carbonyl (C=O) groups is 2. The number of nitrogens with zero attached hydrogens (tertiary/aromatic N) is 3. The van der Waals surface area contributed by atoms with E-state index in [1.807, 2.05) is 64.2 Å². The molecule has 0 aliphatic rings. The van der Waals surface area contributed by atoms with Gasteiger partial charge in [-0.25, -0.2) is 0 Å². The summed E-state index contributed by atoms with van der Waals surface area (Å²) in [7, 11) is 1.87. The lowest BCUT2D eigenvalue weighted by atomic mass is 9.99. The van der Waals surface area contributed by atoms with Crippen molar-refractivity contribution in [1.82, 2.24) is 20.0 Å². The first-order valence-corrected chi connectivity index (χ1v) is 10.9. The molecule has 2 N–H and O–H groups in total. The van der Waals surface area contributed by atoms with E-state index >= 15 is 0 Å². The molecule has 2 aromatic carbocycles. The molecule has 10 heteroatoms. The van der Waals surface area contributed by atoms with E-state index in [2.05, 4.69) is 10.4 Å². The average Bonchev–Trinajstić information content (AvgIpc) is 3.18. The molecule has 0 fully saturated rings. The van der Waals surface area contributed by atoms with E-state index in [1.54, 1.807) is 23.1 Å². The molecular formula is C24H30F3N5O2. The zero-order valence-electron chi connectivity index (χ0n) is 19.9. The number of aryl methyl sites for hydroxylation is 1.